The smallest absolute Gasteiger partial charge is 0.234 e. The number of anilines is 1. The summed E-state index contributed by atoms with van der Waals surface area (Å²) < 4.78 is 14.8. The van der Waals surface area contributed by atoms with E-state index >= 15 is 0 Å². The van der Waals surface area contributed by atoms with Gasteiger partial charge in [-0.25, -0.2) is 9.40 Å². The Morgan fingerprint density at radius 2 is 1.85 bits per heavy atom. The first-order chi connectivity index (χ1) is 13.0. The third-order valence-corrected chi connectivity index (χ3v) is 5.98. The van der Waals surface area contributed by atoms with E-state index in [2.05, 4.69) is 15.1 Å². The van der Waals surface area contributed by atoms with Crippen molar-refractivity contribution in [2.75, 3.05) is 44.2 Å². The molecular weight excluding hydrogens is 349 g/mol. The second-order valence-corrected chi connectivity index (χ2v) is 7.67. The number of benzene rings is 1. The van der Waals surface area contributed by atoms with Crippen molar-refractivity contribution >= 4 is 17.5 Å². The summed E-state index contributed by atoms with van der Waals surface area (Å²) in [6.45, 7) is 5.26. The molecule has 0 aromatic heterocycles. The van der Waals surface area contributed by atoms with E-state index in [4.69, 9.17) is 5.84 Å². The van der Waals surface area contributed by atoms with Crippen molar-refractivity contribution in [1.29, 1.82) is 0 Å². The number of halogens is 1. The summed E-state index contributed by atoms with van der Waals surface area (Å²) in [5, 5.41) is 4.18. The molecule has 0 radical (unpaired) electrons. The van der Waals surface area contributed by atoms with Gasteiger partial charge in [-0.15, -0.1) is 0 Å². The zero-order valence-electron chi connectivity index (χ0n) is 15.4. The maximum absolute atomic E-state index is 14.8. The molecule has 2 atom stereocenters. The molecule has 0 saturated carbocycles. The van der Waals surface area contributed by atoms with Crippen LogP contribution in [0.5, 0.6) is 0 Å². The molecule has 27 heavy (non-hydrogen) atoms. The summed E-state index contributed by atoms with van der Waals surface area (Å²) in [7, 11) is 0. The first-order valence-electron chi connectivity index (χ1n) is 9.63. The number of carbonyl (C=O) groups excluding carboxylic acids is 2. The van der Waals surface area contributed by atoms with Crippen molar-refractivity contribution in [2.24, 2.45) is 5.84 Å². The summed E-state index contributed by atoms with van der Waals surface area (Å²) in [5.41, 5.74) is 1.22. The van der Waals surface area contributed by atoms with Gasteiger partial charge < -0.3 is 4.90 Å². The van der Waals surface area contributed by atoms with Crippen LogP contribution in [0.25, 0.3) is 0 Å². The molecule has 1 aromatic carbocycles. The van der Waals surface area contributed by atoms with Gasteiger partial charge in [-0.3, -0.25) is 25.6 Å². The van der Waals surface area contributed by atoms with Crippen molar-refractivity contribution in [3.8, 4) is 0 Å². The molecule has 1 aromatic rings. The number of hydrazine groups is 1. The lowest BCUT2D eigenvalue weighted by Gasteiger charge is -2.36. The molecule has 0 aliphatic carbocycles. The Morgan fingerprint density at radius 3 is 2.56 bits per heavy atom. The minimum absolute atomic E-state index is 0.257. The second-order valence-electron chi connectivity index (χ2n) is 7.67. The number of nitrogens with one attached hydrogen (secondary N) is 1. The molecule has 8 heteroatoms. The zero-order chi connectivity index (χ0) is 19.0. The Labute approximate surface area is 158 Å². The molecule has 3 aliphatic rings. The van der Waals surface area contributed by atoms with Gasteiger partial charge in [0.05, 0.1) is 11.6 Å². The molecule has 4 rings (SSSR count). The van der Waals surface area contributed by atoms with Gasteiger partial charge in [0.15, 0.2) is 0 Å². The molecule has 3 aliphatic heterocycles. The minimum atomic E-state index is -0.454. The molecule has 3 heterocycles. The zero-order valence-corrected chi connectivity index (χ0v) is 15.4. The molecule has 2 unspecified atom stereocenters. The summed E-state index contributed by atoms with van der Waals surface area (Å²) in [6.07, 6.45) is 1.74. The molecule has 0 spiro atoms. The predicted octanol–water partition coefficient (Wildman–Crippen LogP) is 0.416. The Hall–Kier alpha value is -2.03. The summed E-state index contributed by atoms with van der Waals surface area (Å²) in [6, 6.07) is 5.47. The predicted molar refractivity (Wildman–Crippen MR) is 99.5 cm³/mol. The normalized spacial score (nSPS) is 27.9. The van der Waals surface area contributed by atoms with Crippen LogP contribution in [0.2, 0.25) is 0 Å². The highest BCUT2D eigenvalue weighted by Gasteiger charge is 2.32. The summed E-state index contributed by atoms with van der Waals surface area (Å²) in [5.74, 6) is 4.48. The van der Waals surface area contributed by atoms with Crippen LogP contribution in [-0.4, -0.2) is 67.0 Å². The molecular formula is C19H26FN5O2. The topological polar surface area (TPSA) is 81.9 Å². The number of piperazine rings is 1. The monoisotopic (exact) mass is 375 g/mol. The molecule has 3 fully saturated rings. The Kier molecular flexibility index (Phi) is 5.12. The van der Waals surface area contributed by atoms with Crippen LogP contribution in [-0.2, 0) is 9.59 Å². The Bertz CT molecular complexity index is 735. The van der Waals surface area contributed by atoms with Crippen LogP contribution < -0.4 is 16.1 Å². The summed E-state index contributed by atoms with van der Waals surface area (Å²) in [4.78, 5) is 27.8. The van der Waals surface area contributed by atoms with Crippen LogP contribution in [0.3, 0.4) is 0 Å². The summed E-state index contributed by atoms with van der Waals surface area (Å²) >= 11 is 0. The lowest BCUT2D eigenvalue weighted by molar-refractivity contribution is -0.134. The number of hydrogen-bond acceptors (Lipinski definition) is 6. The maximum atomic E-state index is 14.8. The van der Waals surface area contributed by atoms with Gasteiger partial charge in [-0.05, 0) is 30.5 Å². The highest BCUT2D eigenvalue weighted by Crippen LogP contribution is 2.31. The van der Waals surface area contributed by atoms with Crippen molar-refractivity contribution in [3.63, 3.8) is 0 Å². The largest absolute Gasteiger partial charge is 0.368 e. The number of rotatable bonds is 3. The molecule has 0 bridgehead atoms. The van der Waals surface area contributed by atoms with Gasteiger partial charge in [-0.1, -0.05) is 6.07 Å². The quantitative estimate of drug-likeness (QED) is 0.589. The third-order valence-electron chi connectivity index (χ3n) is 5.98. The van der Waals surface area contributed by atoms with Crippen LogP contribution in [0.15, 0.2) is 18.2 Å². The Balaban J connectivity index is 1.43. The van der Waals surface area contributed by atoms with Gasteiger partial charge in [0, 0.05) is 51.7 Å². The van der Waals surface area contributed by atoms with Gasteiger partial charge >= 0.3 is 0 Å². The average Bonchev–Trinajstić information content (AvgIpc) is 3.12. The minimum Gasteiger partial charge on any atom is -0.368 e. The fraction of sp³-hybridized carbons (Fsp3) is 0.579. The molecule has 2 amide bonds. The lowest BCUT2D eigenvalue weighted by atomic mass is 9.90. The molecule has 3 saturated heterocycles. The molecule has 146 valence electrons. The van der Waals surface area contributed by atoms with Crippen molar-refractivity contribution in [2.45, 2.75) is 31.2 Å². The SMILES string of the molecule is NN1CCN(C2CCN(c3ccc(C4CCC(=O)NC4=O)cc3F)C2)CC1. The first-order valence-corrected chi connectivity index (χ1v) is 9.63. The molecule has 3 N–H and O–H groups in total. The number of nitrogens with zero attached hydrogens (tertiary/aromatic N) is 3. The van der Waals surface area contributed by atoms with E-state index in [-0.39, 0.29) is 17.6 Å². The van der Waals surface area contributed by atoms with Gasteiger partial charge in [0.1, 0.15) is 5.82 Å². The van der Waals surface area contributed by atoms with Crippen LogP contribution in [0.1, 0.15) is 30.7 Å². The number of amides is 2. The van der Waals surface area contributed by atoms with Crippen LogP contribution >= 0.6 is 0 Å². The number of carbonyl (C=O) groups is 2. The van der Waals surface area contributed by atoms with E-state index in [1.54, 1.807) is 6.07 Å². The van der Waals surface area contributed by atoms with E-state index in [0.717, 1.165) is 45.7 Å². The van der Waals surface area contributed by atoms with Crippen molar-refractivity contribution in [1.82, 2.24) is 15.2 Å². The van der Waals surface area contributed by atoms with E-state index in [1.807, 2.05) is 11.1 Å². The molecule has 7 nitrogen and oxygen atoms in total. The fourth-order valence-corrected chi connectivity index (χ4v) is 4.37. The maximum Gasteiger partial charge on any atom is 0.234 e. The number of nitrogens with two attached hydrogens (primary N) is 1. The third kappa shape index (κ3) is 3.83. The second kappa shape index (κ2) is 7.53. The van der Waals surface area contributed by atoms with E-state index in [9.17, 15) is 14.0 Å². The van der Waals surface area contributed by atoms with E-state index in [0.29, 0.717) is 30.1 Å². The van der Waals surface area contributed by atoms with Crippen LogP contribution in [0.4, 0.5) is 10.1 Å². The van der Waals surface area contributed by atoms with Gasteiger partial charge in [0.2, 0.25) is 11.8 Å². The number of piperidine rings is 1. The van der Waals surface area contributed by atoms with Gasteiger partial charge in [-0.2, -0.15) is 0 Å². The van der Waals surface area contributed by atoms with Crippen molar-refractivity contribution < 1.29 is 14.0 Å². The van der Waals surface area contributed by atoms with Gasteiger partial charge in [0.25, 0.3) is 0 Å². The standard InChI is InChI=1S/C19H26FN5O2/c20-16-11-13(15-2-4-18(26)22-19(15)27)1-3-17(16)24-6-5-14(12-24)23-7-9-25(21)10-8-23/h1,3,11,14-15H,2,4-10,12,21H2,(H,22,26,27). The fourth-order valence-electron chi connectivity index (χ4n) is 4.37. The number of hydrogen-bond donors (Lipinski definition) is 2. The van der Waals surface area contributed by atoms with Crippen LogP contribution in [0, 0.1) is 5.82 Å². The lowest BCUT2D eigenvalue weighted by Crippen LogP contribution is -2.53. The first kappa shape index (κ1) is 18.3. The number of imide groups is 1. The highest BCUT2D eigenvalue weighted by molar-refractivity contribution is 6.00. The van der Waals surface area contributed by atoms with Crippen molar-refractivity contribution in [3.05, 3.63) is 29.6 Å². The Morgan fingerprint density at radius 1 is 1.07 bits per heavy atom. The van der Waals surface area contributed by atoms with E-state index < -0.39 is 5.92 Å². The average molecular weight is 375 g/mol. The highest BCUT2D eigenvalue weighted by atomic mass is 19.1. The van der Waals surface area contributed by atoms with E-state index in [1.165, 1.54) is 6.07 Å².